The summed E-state index contributed by atoms with van der Waals surface area (Å²) in [5.41, 5.74) is 2.58. The maximum Gasteiger partial charge on any atom is 0.305 e. The summed E-state index contributed by atoms with van der Waals surface area (Å²) in [5, 5.41) is 25.5. The number of nitrogens with one attached hydrogen (secondary N) is 3. The molecule has 0 fully saturated rings. The molecule has 0 bridgehead atoms. The molecular formula is C29H35N3O8. The highest BCUT2D eigenvalue weighted by Gasteiger charge is 2.32. The zero-order valence-electron chi connectivity index (χ0n) is 22.5. The van der Waals surface area contributed by atoms with E-state index in [2.05, 4.69) is 16.0 Å². The molecule has 0 aromatic heterocycles. The van der Waals surface area contributed by atoms with Gasteiger partial charge in [-0.25, -0.2) is 0 Å². The molecule has 3 unspecified atom stereocenters. The van der Waals surface area contributed by atoms with Gasteiger partial charge in [-0.05, 0) is 48.4 Å². The quantitative estimate of drug-likeness (QED) is 0.155. The summed E-state index contributed by atoms with van der Waals surface area (Å²) in [4.78, 5) is 72.4. The number of carboxylic acid groups (broad SMARTS) is 2. The molecule has 11 heteroatoms. The number of rotatable bonds is 16. The van der Waals surface area contributed by atoms with E-state index in [4.69, 9.17) is 10.2 Å². The van der Waals surface area contributed by atoms with Crippen LogP contribution in [0.5, 0.6) is 0 Å². The third-order valence-electron chi connectivity index (χ3n) is 5.98. The topological polar surface area (TPSA) is 179 Å². The minimum Gasteiger partial charge on any atom is -0.481 e. The maximum atomic E-state index is 13.1. The first kappa shape index (κ1) is 31.7. The van der Waals surface area contributed by atoms with Gasteiger partial charge in [0.15, 0.2) is 0 Å². The number of carbonyl (C=O) groups excluding carboxylic acids is 4. The number of hydrogen-bond acceptors (Lipinski definition) is 6. The van der Waals surface area contributed by atoms with E-state index in [-0.39, 0.29) is 25.0 Å². The molecule has 0 heterocycles. The first-order chi connectivity index (χ1) is 19.0. The van der Waals surface area contributed by atoms with Gasteiger partial charge in [-0.15, -0.1) is 0 Å². The molecule has 3 atom stereocenters. The third-order valence-corrected chi connectivity index (χ3v) is 5.98. The maximum absolute atomic E-state index is 13.1. The van der Waals surface area contributed by atoms with Crippen LogP contribution in [0.4, 0.5) is 5.69 Å². The predicted molar refractivity (Wildman–Crippen MR) is 146 cm³/mol. The highest BCUT2D eigenvalue weighted by Crippen LogP contribution is 2.16. The fourth-order valence-electron chi connectivity index (χ4n) is 3.98. The predicted octanol–water partition coefficient (Wildman–Crippen LogP) is 2.39. The molecule has 0 saturated heterocycles. The van der Waals surface area contributed by atoms with Gasteiger partial charge in [0.1, 0.15) is 18.2 Å². The SMILES string of the molecule is CC(C)CC(C(=O)NC(C=O)CC(=O)O)C(=O)NC(CCC(=O)O)C(=O)Nc1ccc(Cc2ccccc2)cc1. The van der Waals surface area contributed by atoms with E-state index in [1.165, 1.54) is 0 Å². The van der Waals surface area contributed by atoms with Crippen molar-refractivity contribution in [2.75, 3.05) is 5.32 Å². The monoisotopic (exact) mass is 553 g/mol. The number of amides is 3. The van der Waals surface area contributed by atoms with Crippen LogP contribution in [0.2, 0.25) is 0 Å². The van der Waals surface area contributed by atoms with Gasteiger partial charge in [-0.2, -0.15) is 0 Å². The average molecular weight is 554 g/mol. The van der Waals surface area contributed by atoms with Gasteiger partial charge in [-0.1, -0.05) is 56.3 Å². The molecule has 2 aromatic carbocycles. The van der Waals surface area contributed by atoms with Gasteiger partial charge in [0.05, 0.1) is 12.5 Å². The zero-order valence-corrected chi connectivity index (χ0v) is 22.5. The van der Waals surface area contributed by atoms with Gasteiger partial charge < -0.3 is 31.0 Å². The van der Waals surface area contributed by atoms with Crippen molar-refractivity contribution in [3.8, 4) is 0 Å². The summed E-state index contributed by atoms with van der Waals surface area (Å²) in [7, 11) is 0. The molecule has 0 aliphatic rings. The van der Waals surface area contributed by atoms with E-state index >= 15 is 0 Å². The van der Waals surface area contributed by atoms with E-state index in [9.17, 15) is 28.8 Å². The molecule has 214 valence electrons. The Morgan fingerprint density at radius 3 is 1.95 bits per heavy atom. The molecule has 3 amide bonds. The molecule has 2 rings (SSSR count). The highest BCUT2D eigenvalue weighted by atomic mass is 16.4. The second kappa shape index (κ2) is 15.8. The summed E-state index contributed by atoms with van der Waals surface area (Å²) in [5.74, 6) is -6.32. The molecule has 5 N–H and O–H groups in total. The van der Waals surface area contributed by atoms with E-state index < -0.39 is 60.5 Å². The minimum absolute atomic E-state index is 0.0481. The van der Waals surface area contributed by atoms with Gasteiger partial charge >= 0.3 is 11.9 Å². The number of aldehydes is 1. The van der Waals surface area contributed by atoms with Crippen LogP contribution in [0.1, 0.15) is 50.7 Å². The van der Waals surface area contributed by atoms with Crippen LogP contribution in [0.15, 0.2) is 54.6 Å². The zero-order chi connectivity index (χ0) is 29.7. The Morgan fingerprint density at radius 1 is 0.800 bits per heavy atom. The molecular weight excluding hydrogens is 518 g/mol. The summed E-state index contributed by atoms with van der Waals surface area (Å²) in [6.07, 6.45) is -0.286. The van der Waals surface area contributed by atoms with Crippen LogP contribution in [0, 0.1) is 11.8 Å². The number of aliphatic carboxylic acids is 2. The Kier molecular flexibility index (Phi) is 12.5. The second-order valence-corrected chi connectivity index (χ2v) is 9.87. The van der Waals surface area contributed by atoms with Crippen LogP contribution in [-0.4, -0.2) is 58.2 Å². The van der Waals surface area contributed by atoms with Crippen molar-refractivity contribution >= 4 is 41.6 Å². The smallest absolute Gasteiger partial charge is 0.305 e. The normalized spacial score (nSPS) is 13.0. The van der Waals surface area contributed by atoms with Crippen LogP contribution >= 0.6 is 0 Å². The van der Waals surface area contributed by atoms with E-state index in [1.54, 1.807) is 26.0 Å². The van der Waals surface area contributed by atoms with E-state index in [0.717, 1.165) is 11.1 Å². The number of benzene rings is 2. The molecule has 40 heavy (non-hydrogen) atoms. The van der Waals surface area contributed by atoms with Crippen LogP contribution in [-0.2, 0) is 35.2 Å². The Labute approximate surface area is 232 Å². The number of carboxylic acids is 2. The van der Waals surface area contributed by atoms with Crippen molar-refractivity contribution in [3.63, 3.8) is 0 Å². The minimum atomic E-state index is -1.34. The first-order valence-electron chi connectivity index (χ1n) is 12.9. The molecule has 0 radical (unpaired) electrons. The van der Waals surface area contributed by atoms with Crippen molar-refractivity contribution in [1.82, 2.24) is 10.6 Å². The lowest BCUT2D eigenvalue weighted by Crippen LogP contribution is -2.51. The molecule has 0 aliphatic heterocycles. The first-order valence-corrected chi connectivity index (χ1v) is 12.9. The lowest BCUT2D eigenvalue weighted by molar-refractivity contribution is -0.141. The third kappa shape index (κ3) is 11.1. The van der Waals surface area contributed by atoms with Gasteiger partial charge in [0, 0.05) is 12.1 Å². The summed E-state index contributed by atoms with van der Waals surface area (Å²) >= 11 is 0. The van der Waals surface area contributed by atoms with Crippen molar-refractivity contribution in [2.24, 2.45) is 11.8 Å². The van der Waals surface area contributed by atoms with Gasteiger partial charge in [-0.3, -0.25) is 24.0 Å². The molecule has 2 aromatic rings. The van der Waals surface area contributed by atoms with Crippen LogP contribution in [0.25, 0.3) is 0 Å². The lowest BCUT2D eigenvalue weighted by atomic mass is 9.94. The summed E-state index contributed by atoms with van der Waals surface area (Å²) < 4.78 is 0. The fourth-order valence-corrected chi connectivity index (χ4v) is 3.98. The summed E-state index contributed by atoms with van der Waals surface area (Å²) in [6, 6.07) is 14.3. The molecule has 0 spiro atoms. The Hall–Kier alpha value is -4.54. The summed E-state index contributed by atoms with van der Waals surface area (Å²) in [6.45, 7) is 3.52. The van der Waals surface area contributed by atoms with Gasteiger partial charge in [0.2, 0.25) is 17.7 Å². The molecule has 0 saturated carbocycles. The van der Waals surface area contributed by atoms with E-state index in [1.807, 2.05) is 42.5 Å². The fraction of sp³-hybridized carbons (Fsp3) is 0.379. The molecule has 0 aliphatic carbocycles. The molecule has 11 nitrogen and oxygen atoms in total. The van der Waals surface area contributed by atoms with Crippen molar-refractivity contribution < 1.29 is 39.0 Å². The average Bonchev–Trinajstić information content (AvgIpc) is 2.90. The van der Waals surface area contributed by atoms with Crippen LogP contribution < -0.4 is 16.0 Å². The van der Waals surface area contributed by atoms with E-state index in [0.29, 0.717) is 12.1 Å². The van der Waals surface area contributed by atoms with Crippen molar-refractivity contribution in [2.45, 2.75) is 58.0 Å². The van der Waals surface area contributed by atoms with Crippen molar-refractivity contribution in [1.29, 1.82) is 0 Å². The Morgan fingerprint density at radius 2 is 1.40 bits per heavy atom. The Bertz CT molecular complexity index is 1180. The van der Waals surface area contributed by atoms with Gasteiger partial charge in [0.25, 0.3) is 0 Å². The highest BCUT2D eigenvalue weighted by molar-refractivity contribution is 6.04. The second-order valence-electron chi connectivity index (χ2n) is 9.87. The Balaban J connectivity index is 2.14. The standard InChI is InChI=1S/C29H35N3O8/c1-18(2)14-23(27(38)31-22(17-33)16-26(36)37)28(39)32-24(12-13-25(34)35)29(40)30-21-10-8-20(9-11-21)15-19-6-4-3-5-7-19/h3-11,17-18,22-24H,12-16H2,1-2H3,(H,30,40)(H,31,38)(H,32,39)(H,34,35)(H,36,37). The van der Waals surface area contributed by atoms with Crippen LogP contribution in [0.3, 0.4) is 0 Å². The largest absolute Gasteiger partial charge is 0.481 e. The van der Waals surface area contributed by atoms with Crippen molar-refractivity contribution in [3.05, 3.63) is 65.7 Å². The number of anilines is 1. The number of carbonyl (C=O) groups is 6. The number of hydrogen-bond donors (Lipinski definition) is 5. The lowest BCUT2D eigenvalue weighted by Gasteiger charge is -2.23.